The van der Waals surface area contributed by atoms with Gasteiger partial charge < -0.3 is 9.80 Å². The van der Waals surface area contributed by atoms with Crippen LogP contribution in [0.5, 0.6) is 0 Å². The Balaban J connectivity index is 1.71. The molecule has 0 N–H and O–H groups in total. The summed E-state index contributed by atoms with van der Waals surface area (Å²) < 4.78 is 0. The highest BCUT2D eigenvalue weighted by Gasteiger charge is 2.36. The summed E-state index contributed by atoms with van der Waals surface area (Å²) in [5.41, 5.74) is 0.465. The highest BCUT2D eigenvalue weighted by Crippen LogP contribution is 2.28. The first-order valence-electron chi connectivity index (χ1n) is 6.60. The Labute approximate surface area is 127 Å². The Kier molecular flexibility index (Phi) is 3.61. The number of hydrogen-bond donors (Lipinski definition) is 0. The molecule has 2 aliphatic rings. The van der Waals surface area contributed by atoms with Crippen LogP contribution in [0.2, 0.25) is 10.0 Å². The van der Waals surface area contributed by atoms with Crippen molar-refractivity contribution in [2.45, 2.75) is 18.9 Å². The molecule has 0 radical (unpaired) electrons. The van der Waals surface area contributed by atoms with Crippen molar-refractivity contribution in [3.05, 3.63) is 33.8 Å². The lowest BCUT2D eigenvalue weighted by molar-refractivity contribution is -0.135. The number of nitrogens with zero attached hydrogens (tertiary/aromatic N) is 2. The van der Waals surface area contributed by atoms with E-state index in [4.69, 9.17) is 23.2 Å². The van der Waals surface area contributed by atoms with Crippen molar-refractivity contribution in [1.82, 2.24) is 9.80 Å². The Morgan fingerprint density at radius 2 is 1.90 bits per heavy atom. The van der Waals surface area contributed by atoms with Crippen LogP contribution in [-0.4, -0.2) is 47.3 Å². The Morgan fingerprint density at radius 3 is 2.50 bits per heavy atom. The molecule has 0 unspecified atom stereocenters. The normalized spacial score (nSPS) is 19.4. The molecule has 106 valence electrons. The van der Waals surface area contributed by atoms with Crippen LogP contribution in [0.15, 0.2) is 18.2 Å². The van der Waals surface area contributed by atoms with Gasteiger partial charge in [0.2, 0.25) is 5.91 Å². The molecule has 1 aromatic rings. The standard InChI is InChI=1S/C14H14Cl2N2O2/c15-11-4-1-9(7-12(11)16)14(20)17-5-6-18(10-2-3-10)13(19)8-17/h1,4,7,10H,2-3,5-6,8H2. The van der Waals surface area contributed by atoms with Gasteiger partial charge in [0, 0.05) is 24.7 Å². The molecule has 0 spiro atoms. The number of carbonyl (C=O) groups is 2. The Bertz CT molecular complexity index is 572. The van der Waals surface area contributed by atoms with E-state index in [0.29, 0.717) is 34.7 Å². The van der Waals surface area contributed by atoms with Crippen LogP contribution in [-0.2, 0) is 4.79 Å². The minimum atomic E-state index is -0.174. The Hall–Kier alpha value is -1.26. The van der Waals surface area contributed by atoms with E-state index in [1.54, 1.807) is 23.1 Å². The van der Waals surface area contributed by atoms with Gasteiger partial charge in [0.25, 0.3) is 5.91 Å². The number of amides is 2. The third-order valence-corrected chi connectivity index (χ3v) is 4.44. The fraction of sp³-hybridized carbons (Fsp3) is 0.429. The first kappa shape index (κ1) is 13.7. The van der Waals surface area contributed by atoms with Crippen LogP contribution >= 0.6 is 23.2 Å². The van der Waals surface area contributed by atoms with Crippen molar-refractivity contribution in [2.75, 3.05) is 19.6 Å². The maximum absolute atomic E-state index is 12.4. The molecule has 1 aliphatic carbocycles. The smallest absolute Gasteiger partial charge is 0.254 e. The molecule has 1 saturated carbocycles. The maximum atomic E-state index is 12.4. The molecule has 20 heavy (non-hydrogen) atoms. The summed E-state index contributed by atoms with van der Waals surface area (Å²) in [7, 11) is 0. The van der Waals surface area contributed by atoms with Crippen molar-refractivity contribution in [3.8, 4) is 0 Å². The Morgan fingerprint density at radius 1 is 1.15 bits per heavy atom. The molecule has 1 aromatic carbocycles. The van der Waals surface area contributed by atoms with Gasteiger partial charge in [-0.3, -0.25) is 9.59 Å². The van der Waals surface area contributed by atoms with Gasteiger partial charge in [-0.2, -0.15) is 0 Å². The SMILES string of the molecule is O=C(c1ccc(Cl)c(Cl)c1)N1CCN(C2CC2)C(=O)C1. The first-order valence-corrected chi connectivity index (χ1v) is 7.35. The number of piperazine rings is 1. The summed E-state index contributed by atoms with van der Waals surface area (Å²) in [6, 6.07) is 5.18. The van der Waals surface area contributed by atoms with E-state index >= 15 is 0 Å². The van der Waals surface area contributed by atoms with Crippen LogP contribution in [0.3, 0.4) is 0 Å². The molecular weight excluding hydrogens is 299 g/mol. The van der Waals surface area contributed by atoms with Crippen molar-refractivity contribution in [1.29, 1.82) is 0 Å². The topological polar surface area (TPSA) is 40.6 Å². The molecule has 3 rings (SSSR count). The van der Waals surface area contributed by atoms with E-state index < -0.39 is 0 Å². The minimum Gasteiger partial charge on any atom is -0.336 e. The van der Waals surface area contributed by atoms with Crippen molar-refractivity contribution >= 4 is 35.0 Å². The summed E-state index contributed by atoms with van der Waals surface area (Å²) in [4.78, 5) is 27.8. The fourth-order valence-corrected chi connectivity index (χ4v) is 2.74. The first-order chi connectivity index (χ1) is 9.56. The van der Waals surface area contributed by atoms with Gasteiger partial charge in [0.05, 0.1) is 10.0 Å². The van der Waals surface area contributed by atoms with Crippen LogP contribution in [0.1, 0.15) is 23.2 Å². The zero-order valence-corrected chi connectivity index (χ0v) is 12.3. The van der Waals surface area contributed by atoms with Crippen molar-refractivity contribution in [2.24, 2.45) is 0 Å². The van der Waals surface area contributed by atoms with E-state index in [1.165, 1.54) is 0 Å². The summed E-state index contributed by atoms with van der Waals surface area (Å²) >= 11 is 11.8. The minimum absolute atomic E-state index is 0.0344. The predicted molar refractivity (Wildman–Crippen MR) is 77.1 cm³/mol. The van der Waals surface area contributed by atoms with E-state index in [1.807, 2.05) is 4.90 Å². The summed E-state index contributed by atoms with van der Waals surface area (Å²) in [6.45, 7) is 1.34. The average Bonchev–Trinajstić information content (AvgIpc) is 3.25. The van der Waals surface area contributed by atoms with Crippen molar-refractivity contribution in [3.63, 3.8) is 0 Å². The number of carbonyl (C=O) groups excluding carboxylic acids is 2. The second kappa shape index (κ2) is 5.26. The molecule has 2 amide bonds. The number of halogens is 2. The number of hydrogen-bond acceptors (Lipinski definition) is 2. The molecule has 1 aliphatic heterocycles. The van der Waals surface area contributed by atoms with Crippen molar-refractivity contribution < 1.29 is 9.59 Å². The highest BCUT2D eigenvalue weighted by molar-refractivity contribution is 6.42. The average molecular weight is 313 g/mol. The molecule has 0 aromatic heterocycles. The van der Waals surface area contributed by atoms with Gasteiger partial charge >= 0.3 is 0 Å². The predicted octanol–water partition coefficient (Wildman–Crippen LogP) is 2.44. The number of rotatable bonds is 2. The van der Waals surface area contributed by atoms with E-state index in [2.05, 4.69) is 0 Å². The van der Waals surface area contributed by atoms with Crippen LogP contribution < -0.4 is 0 Å². The molecular formula is C14H14Cl2N2O2. The molecule has 1 saturated heterocycles. The zero-order valence-electron chi connectivity index (χ0n) is 10.8. The van der Waals surface area contributed by atoms with E-state index in [9.17, 15) is 9.59 Å². The van der Waals surface area contributed by atoms with Crippen LogP contribution in [0, 0.1) is 0 Å². The lowest BCUT2D eigenvalue weighted by Crippen LogP contribution is -2.52. The van der Waals surface area contributed by atoms with Crippen LogP contribution in [0.4, 0.5) is 0 Å². The molecule has 6 heteroatoms. The largest absolute Gasteiger partial charge is 0.336 e. The zero-order chi connectivity index (χ0) is 14.3. The second-order valence-electron chi connectivity index (χ2n) is 5.17. The van der Waals surface area contributed by atoms with Gasteiger partial charge in [0.15, 0.2) is 0 Å². The monoisotopic (exact) mass is 312 g/mol. The summed E-state index contributed by atoms with van der Waals surface area (Å²) in [5.74, 6) is -0.139. The van der Waals surface area contributed by atoms with Gasteiger partial charge in [-0.15, -0.1) is 0 Å². The maximum Gasteiger partial charge on any atom is 0.254 e. The van der Waals surface area contributed by atoms with Gasteiger partial charge in [-0.05, 0) is 31.0 Å². The molecule has 4 nitrogen and oxygen atoms in total. The highest BCUT2D eigenvalue weighted by atomic mass is 35.5. The number of benzene rings is 1. The third kappa shape index (κ3) is 2.63. The van der Waals surface area contributed by atoms with E-state index in [-0.39, 0.29) is 18.4 Å². The molecule has 0 atom stereocenters. The lowest BCUT2D eigenvalue weighted by Gasteiger charge is -2.34. The van der Waals surface area contributed by atoms with Gasteiger partial charge in [0.1, 0.15) is 6.54 Å². The molecule has 2 fully saturated rings. The third-order valence-electron chi connectivity index (χ3n) is 3.70. The summed E-state index contributed by atoms with van der Waals surface area (Å²) in [6.07, 6.45) is 2.18. The van der Waals surface area contributed by atoms with Gasteiger partial charge in [-0.1, -0.05) is 23.2 Å². The quantitative estimate of drug-likeness (QED) is 0.841. The fourth-order valence-electron chi connectivity index (χ4n) is 2.44. The molecule has 1 heterocycles. The van der Waals surface area contributed by atoms with E-state index in [0.717, 1.165) is 12.8 Å². The van der Waals surface area contributed by atoms with Crippen LogP contribution in [0.25, 0.3) is 0 Å². The second-order valence-corrected chi connectivity index (χ2v) is 5.99. The summed E-state index contributed by atoms with van der Waals surface area (Å²) in [5, 5.41) is 0.762. The van der Waals surface area contributed by atoms with Gasteiger partial charge in [-0.25, -0.2) is 0 Å². The molecule has 0 bridgehead atoms. The lowest BCUT2D eigenvalue weighted by atomic mass is 10.1.